The Morgan fingerprint density at radius 1 is 1.21 bits per heavy atom. The summed E-state index contributed by atoms with van der Waals surface area (Å²) < 4.78 is 40.4. The Hall–Kier alpha value is -1.15. The number of hydrogen-bond acceptors (Lipinski definition) is 3. The number of carbonyl (C=O) groups is 1. The van der Waals surface area contributed by atoms with E-state index in [4.69, 9.17) is 23.2 Å². The third kappa shape index (κ3) is 3.91. The summed E-state index contributed by atoms with van der Waals surface area (Å²) in [5, 5.41) is -0.764. The smallest absolute Gasteiger partial charge is 0.265 e. The minimum Gasteiger partial charge on any atom is -0.279 e. The predicted octanol–water partition coefficient (Wildman–Crippen LogP) is 4.59. The Labute approximate surface area is 157 Å². The van der Waals surface area contributed by atoms with Crippen LogP contribution in [0.15, 0.2) is 51.8 Å². The van der Waals surface area contributed by atoms with Crippen molar-refractivity contribution in [3.63, 3.8) is 0 Å². The molecule has 0 spiro atoms. The molecule has 0 saturated heterocycles. The minimum atomic E-state index is -4.19. The molecule has 0 radical (unpaired) electrons. The number of sulfonamides is 1. The van der Waals surface area contributed by atoms with E-state index in [0.29, 0.717) is 4.47 Å². The summed E-state index contributed by atoms with van der Waals surface area (Å²) in [5.41, 5.74) is 0.0886. The summed E-state index contributed by atoms with van der Waals surface area (Å²) >= 11 is 14.9. The maximum Gasteiger partial charge on any atom is 0.265 e. The fourth-order valence-electron chi connectivity index (χ4n) is 2.02. The molecule has 2 aromatic rings. The van der Waals surface area contributed by atoms with Crippen molar-refractivity contribution in [2.24, 2.45) is 0 Å². The maximum atomic E-state index is 13.1. The Bertz CT molecular complexity index is 875. The van der Waals surface area contributed by atoms with Gasteiger partial charge in [-0.1, -0.05) is 27.5 Å². The highest BCUT2D eigenvalue weighted by atomic mass is 79.9. The van der Waals surface area contributed by atoms with Gasteiger partial charge >= 0.3 is 0 Å². The largest absolute Gasteiger partial charge is 0.279 e. The summed E-state index contributed by atoms with van der Waals surface area (Å²) in [6, 6.07) is 7.56. The van der Waals surface area contributed by atoms with Crippen molar-refractivity contribution < 1.29 is 17.6 Å². The maximum absolute atomic E-state index is 13.1. The van der Waals surface area contributed by atoms with E-state index in [1.54, 1.807) is 6.07 Å². The average molecular weight is 455 g/mol. The van der Waals surface area contributed by atoms with Crippen molar-refractivity contribution in [2.75, 3.05) is 4.31 Å². The summed E-state index contributed by atoms with van der Waals surface area (Å²) in [5.74, 6) is -0.580. The first kappa shape index (κ1) is 19.2. The molecular weight excluding hydrogens is 444 g/mol. The summed E-state index contributed by atoms with van der Waals surface area (Å²) in [7, 11) is -4.19. The molecule has 0 aliphatic rings. The van der Waals surface area contributed by atoms with Crippen LogP contribution in [0.5, 0.6) is 0 Å². The van der Waals surface area contributed by atoms with E-state index in [1.165, 1.54) is 19.1 Å². The van der Waals surface area contributed by atoms with E-state index in [1.807, 2.05) is 0 Å². The van der Waals surface area contributed by atoms with Gasteiger partial charge in [-0.2, -0.15) is 0 Å². The topological polar surface area (TPSA) is 54.5 Å². The highest BCUT2D eigenvalue weighted by Gasteiger charge is 2.34. The SMILES string of the molecule is CC(C(=O)Cl)N(c1ccc(Br)cc1Cl)S(=O)(=O)c1ccc(F)cc1. The minimum absolute atomic E-state index is 0.0886. The van der Waals surface area contributed by atoms with Gasteiger partial charge < -0.3 is 0 Å². The van der Waals surface area contributed by atoms with Crippen LogP contribution < -0.4 is 4.31 Å². The molecule has 0 aromatic heterocycles. The van der Waals surface area contributed by atoms with Gasteiger partial charge in [-0.05, 0) is 61.0 Å². The van der Waals surface area contributed by atoms with Crippen LogP contribution in [0.4, 0.5) is 10.1 Å². The van der Waals surface area contributed by atoms with E-state index in [2.05, 4.69) is 15.9 Å². The van der Waals surface area contributed by atoms with Gasteiger partial charge in [0.1, 0.15) is 11.9 Å². The summed E-state index contributed by atoms with van der Waals surface area (Å²) in [6.45, 7) is 1.34. The summed E-state index contributed by atoms with van der Waals surface area (Å²) in [4.78, 5) is 11.4. The Balaban J connectivity index is 2.66. The van der Waals surface area contributed by atoms with Gasteiger partial charge in [-0.3, -0.25) is 9.10 Å². The first-order valence-electron chi connectivity index (χ1n) is 6.59. The van der Waals surface area contributed by atoms with Crippen molar-refractivity contribution >= 4 is 60.1 Å². The van der Waals surface area contributed by atoms with Crippen molar-refractivity contribution in [3.8, 4) is 0 Å². The second-order valence-corrected chi connectivity index (χ2v) is 8.34. The monoisotopic (exact) mass is 453 g/mol. The molecule has 2 aromatic carbocycles. The molecule has 0 N–H and O–H groups in total. The molecule has 0 aliphatic carbocycles. The lowest BCUT2D eigenvalue weighted by Gasteiger charge is -2.29. The van der Waals surface area contributed by atoms with E-state index in [-0.39, 0.29) is 15.6 Å². The molecule has 0 fully saturated rings. The van der Waals surface area contributed by atoms with Crippen molar-refractivity contribution in [1.29, 1.82) is 0 Å². The van der Waals surface area contributed by atoms with Crippen LogP contribution in [0.1, 0.15) is 6.92 Å². The lowest BCUT2D eigenvalue weighted by Crippen LogP contribution is -2.42. The number of anilines is 1. The fraction of sp³-hybridized carbons (Fsp3) is 0.133. The first-order chi connectivity index (χ1) is 11.1. The van der Waals surface area contributed by atoms with Gasteiger partial charge in [0.25, 0.3) is 10.0 Å². The molecule has 1 unspecified atom stereocenters. The van der Waals surface area contributed by atoms with Crippen molar-refractivity contribution in [3.05, 3.63) is 57.8 Å². The molecule has 0 amide bonds. The summed E-state index contributed by atoms with van der Waals surface area (Å²) in [6.07, 6.45) is 0. The Kier molecular flexibility index (Phi) is 5.91. The molecule has 4 nitrogen and oxygen atoms in total. The van der Waals surface area contributed by atoms with Crippen LogP contribution >= 0.6 is 39.1 Å². The van der Waals surface area contributed by atoms with Crippen LogP contribution in [0.3, 0.4) is 0 Å². The molecule has 0 saturated carbocycles. The number of nitrogens with zero attached hydrogens (tertiary/aromatic N) is 1. The highest BCUT2D eigenvalue weighted by Crippen LogP contribution is 2.34. The quantitative estimate of drug-likeness (QED) is 0.620. The number of hydrogen-bond donors (Lipinski definition) is 0. The molecule has 0 bridgehead atoms. The van der Waals surface area contributed by atoms with Crippen molar-refractivity contribution in [1.82, 2.24) is 0 Å². The van der Waals surface area contributed by atoms with Gasteiger partial charge in [0.05, 0.1) is 15.6 Å². The lowest BCUT2D eigenvalue weighted by molar-refractivity contribution is -0.112. The third-order valence-corrected chi connectivity index (χ3v) is 6.21. The zero-order chi connectivity index (χ0) is 18.1. The zero-order valence-electron chi connectivity index (χ0n) is 12.2. The zero-order valence-corrected chi connectivity index (χ0v) is 16.1. The van der Waals surface area contributed by atoms with E-state index < -0.39 is 27.1 Å². The average Bonchev–Trinajstić information content (AvgIpc) is 2.49. The predicted molar refractivity (Wildman–Crippen MR) is 95.5 cm³/mol. The third-order valence-electron chi connectivity index (χ3n) is 3.20. The highest BCUT2D eigenvalue weighted by molar-refractivity contribution is 9.10. The molecule has 24 heavy (non-hydrogen) atoms. The van der Waals surface area contributed by atoms with Gasteiger partial charge in [0.2, 0.25) is 5.24 Å². The van der Waals surface area contributed by atoms with Crippen LogP contribution in [0, 0.1) is 5.82 Å². The molecule has 0 aliphatic heterocycles. The number of rotatable bonds is 5. The van der Waals surface area contributed by atoms with Gasteiger partial charge in [-0.25, -0.2) is 12.8 Å². The lowest BCUT2D eigenvalue weighted by atomic mass is 10.3. The second kappa shape index (κ2) is 7.39. The molecule has 1 atom stereocenters. The van der Waals surface area contributed by atoms with Gasteiger partial charge in [-0.15, -0.1) is 0 Å². The van der Waals surface area contributed by atoms with Crippen LogP contribution in [-0.4, -0.2) is 19.7 Å². The second-order valence-electron chi connectivity index (χ2n) is 4.83. The van der Waals surface area contributed by atoms with Crippen LogP contribution in [0.2, 0.25) is 5.02 Å². The normalized spacial score (nSPS) is 12.7. The Morgan fingerprint density at radius 3 is 2.29 bits per heavy atom. The number of halogens is 4. The first-order valence-corrected chi connectivity index (χ1v) is 9.58. The molecule has 0 heterocycles. The van der Waals surface area contributed by atoms with Gasteiger partial charge in [0, 0.05) is 4.47 Å². The van der Waals surface area contributed by atoms with E-state index in [0.717, 1.165) is 28.6 Å². The van der Waals surface area contributed by atoms with Gasteiger partial charge in [0.15, 0.2) is 0 Å². The molecule has 9 heteroatoms. The Morgan fingerprint density at radius 2 is 1.79 bits per heavy atom. The van der Waals surface area contributed by atoms with E-state index >= 15 is 0 Å². The van der Waals surface area contributed by atoms with Crippen LogP contribution in [0.25, 0.3) is 0 Å². The number of carbonyl (C=O) groups excluding carboxylic acids is 1. The standard InChI is InChI=1S/C15H11BrCl2FNO3S/c1-9(15(18)21)20(14-7-2-10(16)8-13(14)17)24(22,23)12-5-3-11(19)4-6-12/h2-9H,1H3. The molecule has 128 valence electrons. The number of benzene rings is 2. The molecular formula is C15H11BrCl2FNO3S. The van der Waals surface area contributed by atoms with Crippen LogP contribution in [-0.2, 0) is 14.8 Å². The van der Waals surface area contributed by atoms with Crippen molar-refractivity contribution in [2.45, 2.75) is 17.9 Å². The fourth-order valence-corrected chi connectivity index (χ4v) is 4.63. The molecule has 2 rings (SSSR count). The van der Waals surface area contributed by atoms with E-state index in [9.17, 15) is 17.6 Å².